The Morgan fingerprint density at radius 3 is 2.34 bits per heavy atom. The molecule has 0 fully saturated rings. The third-order valence-corrected chi connectivity index (χ3v) is 6.77. The summed E-state index contributed by atoms with van der Waals surface area (Å²) in [6.45, 7) is 3.60. The van der Waals surface area contributed by atoms with Gasteiger partial charge in [-0.1, -0.05) is 18.2 Å². The second kappa shape index (κ2) is 10.4. The first-order valence-corrected chi connectivity index (χ1v) is 12.3. The quantitative estimate of drug-likeness (QED) is 0.581. The maximum absolute atomic E-state index is 14.1. The van der Waals surface area contributed by atoms with Crippen LogP contribution < -0.4 is 0 Å². The van der Waals surface area contributed by atoms with E-state index in [2.05, 4.69) is 4.90 Å². The van der Waals surface area contributed by atoms with Crippen molar-refractivity contribution in [2.24, 2.45) is 0 Å². The van der Waals surface area contributed by atoms with Crippen LogP contribution in [0.1, 0.15) is 36.5 Å². The van der Waals surface area contributed by atoms with Crippen molar-refractivity contribution in [3.8, 4) is 0 Å². The number of carbonyl (C=O) groups is 1. The predicted molar refractivity (Wildman–Crippen MR) is 131 cm³/mol. The number of carbonyl (C=O) groups excluding carboxylic acids is 1. The first kappa shape index (κ1) is 24.1. The standard InChI is InChI=1S/C26H31FN2O2S/c1-18-23(15-19-7-10-21(11-8-19)32(5)31)22-12-9-20(27)16-25(22)24(18)17-26(30)29(4)14-6-13-28(2)3/h7-12,15-16H,6,13-14,17H2,1-5H3/b23-15-. The molecule has 1 amide bonds. The highest BCUT2D eigenvalue weighted by Crippen LogP contribution is 2.44. The number of hydrogen-bond acceptors (Lipinski definition) is 3. The molecule has 0 saturated heterocycles. The van der Waals surface area contributed by atoms with Crippen LogP contribution in [0.3, 0.4) is 0 Å². The summed E-state index contributed by atoms with van der Waals surface area (Å²) < 4.78 is 25.8. The van der Waals surface area contributed by atoms with Crippen LogP contribution in [-0.2, 0) is 15.6 Å². The summed E-state index contributed by atoms with van der Waals surface area (Å²) in [7, 11) is 4.83. The number of fused-ring (bicyclic) bond motifs is 1. The second-order valence-corrected chi connectivity index (χ2v) is 9.90. The molecule has 3 rings (SSSR count). The van der Waals surface area contributed by atoms with Crippen molar-refractivity contribution in [2.75, 3.05) is 40.5 Å². The largest absolute Gasteiger partial charge is 0.345 e. The molecule has 0 aliphatic heterocycles. The van der Waals surface area contributed by atoms with E-state index in [1.807, 2.05) is 58.4 Å². The topological polar surface area (TPSA) is 40.6 Å². The normalized spacial score (nSPS) is 15.4. The Morgan fingerprint density at radius 2 is 1.72 bits per heavy atom. The second-order valence-electron chi connectivity index (χ2n) is 8.52. The van der Waals surface area contributed by atoms with Gasteiger partial charge in [0.15, 0.2) is 0 Å². The van der Waals surface area contributed by atoms with E-state index in [0.29, 0.717) is 6.54 Å². The monoisotopic (exact) mass is 454 g/mol. The molecule has 1 aliphatic rings. The van der Waals surface area contributed by atoms with E-state index < -0.39 is 10.8 Å². The lowest BCUT2D eigenvalue weighted by atomic mass is 10.0. The average molecular weight is 455 g/mol. The molecule has 2 aromatic rings. The Hall–Kier alpha value is -2.57. The fourth-order valence-electron chi connectivity index (χ4n) is 3.94. The zero-order chi connectivity index (χ0) is 23.4. The third kappa shape index (κ3) is 5.61. The number of amides is 1. The van der Waals surface area contributed by atoms with E-state index in [0.717, 1.165) is 51.3 Å². The number of benzene rings is 2. The van der Waals surface area contributed by atoms with Crippen LogP contribution in [0, 0.1) is 5.82 Å². The van der Waals surface area contributed by atoms with Gasteiger partial charge in [0, 0.05) is 35.5 Å². The minimum absolute atomic E-state index is 0.0318. The molecule has 6 heteroatoms. The number of hydrogen-bond donors (Lipinski definition) is 0. The van der Waals surface area contributed by atoms with E-state index in [1.165, 1.54) is 12.1 Å². The third-order valence-electron chi connectivity index (χ3n) is 5.83. The molecule has 2 aromatic carbocycles. The smallest absolute Gasteiger partial charge is 0.226 e. The highest BCUT2D eigenvalue weighted by atomic mass is 32.2. The van der Waals surface area contributed by atoms with Crippen molar-refractivity contribution in [3.63, 3.8) is 0 Å². The van der Waals surface area contributed by atoms with Crippen LogP contribution in [0.4, 0.5) is 4.39 Å². The molecule has 1 atom stereocenters. The van der Waals surface area contributed by atoms with Crippen molar-refractivity contribution in [1.82, 2.24) is 9.80 Å². The van der Waals surface area contributed by atoms with Crippen molar-refractivity contribution < 1.29 is 13.4 Å². The first-order valence-electron chi connectivity index (χ1n) is 10.7. The molecule has 0 heterocycles. The van der Waals surface area contributed by atoms with Gasteiger partial charge < -0.3 is 9.80 Å². The van der Waals surface area contributed by atoms with E-state index in [9.17, 15) is 13.4 Å². The lowest BCUT2D eigenvalue weighted by Crippen LogP contribution is -2.29. The molecule has 170 valence electrons. The summed E-state index contributed by atoms with van der Waals surface area (Å²) in [6.07, 6.45) is 4.85. The molecule has 0 radical (unpaired) electrons. The number of halogens is 1. The molecule has 0 saturated carbocycles. The van der Waals surface area contributed by atoms with E-state index in [1.54, 1.807) is 17.2 Å². The summed E-state index contributed by atoms with van der Waals surface area (Å²) in [5.41, 5.74) is 5.55. The minimum atomic E-state index is -1.03. The Balaban J connectivity index is 1.90. The van der Waals surface area contributed by atoms with Gasteiger partial charge in [0.2, 0.25) is 5.91 Å². The lowest BCUT2D eigenvalue weighted by Gasteiger charge is -2.19. The highest BCUT2D eigenvalue weighted by molar-refractivity contribution is 7.84. The highest BCUT2D eigenvalue weighted by Gasteiger charge is 2.26. The van der Waals surface area contributed by atoms with E-state index in [4.69, 9.17) is 0 Å². The van der Waals surface area contributed by atoms with Gasteiger partial charge in [-0.15, -0.1) is 0 Å². The van der Waals surface area contributed by atoms with Crippen LogP contribution in [0.5, 0.6) is 0 Å². The summed E-state index contributed by atoms with van der Waals surface area (Å²) in [4.78, 5) is 17.6. The van der Waals surface area contributed by atoms with Crippen LogP contribution >= 0.6 is 0 Å². The van der Waals surface area contributed by atoms with Gasteiger partial charge in [0.05, 0.1) is 6.42 Å². The Bertz CT molecular complexity index is 1090. The van der Waals surface area contributed by atoms with Gasteiger partial charge in [0.25, 0.3) is 0 Å². The maximum atomic E-state index is 14.1. The molecule has 0 N–H and O–H groups in total. The summed E-state index contributed by atoms with van der Waals surface area (Å²) >= 11 is 0. The Labute approximate surface area is 192 Å². The zero-order valence-corrected chi connectivity index (χ0v) is 20.3. The summed E-state index contributed by atoms with van der Waals surface area (Å²) in [6, 6.07) is 12.3. The van der Waals surface area contributed by atoms with Gasteiger partial charge >= 0.3 is 0 Å². The zero-order valence-electron chi connectivity index (χ0n) is 19.4. The fraction of sp³-hybridized carbons (Fsp3) is 0.346. The average Bonchev–Trinajstić information content (AvgIpc) is 2.98. The molecular weight excluding hydrogens is 423 g/mol. The van der Waals surface area contributed by atoms with Gasteiger partial charge in [-0.3, -0.25) is 9.00 Å². The predicted octanol–water partition coefficient (Wildman–Crippen LogP) is 4.69. The Morgan fingerprint density at radius 1 is 1.03 bits per heavy atom. The fourth-order valence-corrected chi connectivity index (χ4v) is 4.46. The maximum Gasteiger partial charge on any atom is 0.226 e. The van der Waals surface area contributed by atoms with Gasteiger partial charge in [-0.2, -0.15) is 0 Å². The van der Waals surface area contributed by atoms with E-state index in [-0.39, 0.29) is 18.1 Å². The molecule has 0 bridgehead atoms. The number of allylic oxidation sites excluding steroid dienone is 2. The SMILES string of the molecule is CC1=C(CC(=O)N(C)CCCN(C)C)c2cc(F)ccc2/C1=C\c1ccc(S(C)=O)cc1. The summed E-state index contributed by atoms with van der Waals surface area (Å²) in [5.74, 6) is -0.277. The van der Waals surface area contributed by atoms with Gasteiger partial charge in [0.1, 0.15) is 5.82 Å². The van der Waals surface area contributed by atoms with Crippen molar-refractivity contribution in [2.45, 2.75) is 24.7 Å². The van der Waals surface area contributed by atoms with Crippen LogP contribution in [0.2, 0.25) is 0 Å². The molecule has 0 aromatic heterocycles. The summed E-state index contributed by atoms with van der Waals surface area (Å²) in [5, 5.41) is 0. The van der Waals surface area contributed by atoms with Crippen LogP contribution in [0.25, 0.3) is 17.2 Å². The lowest BCUT2D eigenvalue weighted by molar-refractivity contribution is -0.128. The van der Waals surface area contributed by atoms with Gasteiger partial charge in [-0.05, 0) is 97.7 Å². The molecule has 32 heavy (non-hydrogen) atoms. The van der Waals surface area contributed by atoms with Gasteiger partial charge in [-0.25, -0.2) is 4.39 Å². The Kier molecular flexibility index (Phi) is 7.80. The van der Waals surface area contributed by atoms with Crippen molar-refractivity contribution in [1.29, 1.82) is 0 Å². The van der Waals surface area contributed by atoms with E-state index >= 15 is 0 Å². The first-order chi connectivity index (χ1) is 15.2. The molecule has 1 unspecified atom stereocenters. The van der Waals surface area contributed by atoms with Crippen LogP contribution in [-0.4, -0.2) is 60.4 Å². The number of nitrogens with zero attached hydrogens (tertiary/aromatic N) is 2. The molecular formula is C26H31FN2O2S. The molecule has 4 nitrogen and oxygen atoms in total. The minimum Gasteiger partial charge on any atom is -0.345 e. The van der Waals surface area contributed by atoms with Crippen molar-refractivity contribution >= 4 is 33.9 Å². The van der Waals surface area contributed by atoms with Crippen LogP contribution in [0.15, 0.2) is 52.9 Å². The van der Waals surface area contributed by atoms with Crippen molar-refractivity contribution in [3.05, 3.63) is 70.5 Å². The molecule has 0 spiro atoms. The number of rotatable bonds is 8. The molecule has 1 aliphatic carbocycles.